The number of halogens is 2. The van der Waals surface area contributed by atoms with Crippen LogP contribution in [0.15, 0.2) is 53.4 Å². The van der Waals surface area contributed by atoms with Gasteiger partial charge in [0.15, 0.2) is 0 Å². The number of amides is 1. The first-order chi connectivity index (χ1) is 15.0. The first kappa shape index (κ1) is 24.1. The van der Waals surface area contributed by atoms with Crippen molar-refractivity contribution < 1.29 is 26.7 Å². The Kier molecular flexibility index (Phi) is 7.19. The molecule has 0 bridgehead atoms. The average Bonchev–Trinajstić information content (AvgIpc) is 2.74. The number of piperidine rings is 1. The summed E-state index contributed by atoms with van der Waals surface area (Å²) in [5.74, 6) is -0.888. The zero-order valence-corrected chi connectivity index (χ0v) is 19.2. The highest BCUT2D eigenvalue weighted by Crippen LogP contribution is 2.29. The minimum absolute atomic E-state index is 0.0764. The van der Waals surface area contributed by atoms with Gasteiger partial charge in [-0.15, -0.1) is 0 Å². The highest BCUT2D eigenvalue weighted by molar-refractivity contribution is 7.89. The van der Waals surface area contributed by atoms with E-state index in [2.05, 4.69) is 30.8 Å². The monoisotopic (exact) mass is 466 g/mol. The molecule has 0 radical (unpaired) electrons. The van der Waals surface area contributed by atoms with Crippen LogP contribution in [0.4, 0.5) is 14.5 Å². The van der Waals surface area contributed by atoms with E-state index >= 15 is 0 Å². The van der Waals surface area contributed by atoms with Crippen molar-refractivity contribution in [2.75, 3.05) is 18.4 Å². The highest BCUT2D eigenvalue weighted by Gasteiger charge is 2.32. The molecule has 1 heterocycles. The molecule has 3 rings (SSSR count). The normalized spacial score (nSPS) is 16.2. The number of nitrogens with one attached hydrogen (secondary N) is 1. The van der Waals surface area contributed by atoms with Crippen molar-refractivity contribution in [1.82, 2.24) is 4.31 Å². The van der Waals surface area contributed by atoms with Crippen LogP contribution in [0.3, 0.4) is 0 Å². The Balaban J connectivity index is 1.63. The third-order valence-corrected chi connectivity index (χ3v) is 7.46. The Morgan fingerprint density at radius 2 is 1.66 bits per heavy atom. The summed E-state index contributed by atoms with van der Waals surface area (Å²) in [5, 5.41) is 2.63. The van der Waals surface area contributed by atoms with Gasteiger partial charge in [0.25, 0.3) is 0 Å². The van der Waals surface area contributed by atoms with Gasteiger partial charge in [-0.3, -0.25) is 4.79 Å². The summed E-state index contributed by atoms with van der Waals surface area (Å²) in [4.78, 5) is 12.9. The summed E-state index contributed by atoms with van der Waals surface area (Å²) < 4.78 is 57.0. The zero-order chi connectivity index (χ0) is 23.5. The molecule has 1 aliphatic heterocycles. The molecule has 1 aliphatic rings. The lowest BCUT2D eigenvalue weighted by Gasteiger charge is -2.30. The predicted octanol–water partition coefficient (Wildman–Crippen LogP) is 4.62. The van der Waals surface area contributed by atoms with Gasteiger partial charge < -0.3 is 10.1 Å². The number of alkyl halides is 2. The van der Waals surface area contributed by atoms with E-state index in [1.807, 2.05) is 12.1 Å². The second-order valence-corrected chi connectivity index (χ2v) is 10.8. The van der Waals surface area contributed by atoms with Gasteiger partial charge in [-0.05, 0) is 48.1 Å². The van der Waals surface area contributed by atoms with Gasteiger partial charge in [0.2, 0.25) is 15.9 Å². The molecule has 0 aliphatic carbocycles. The van der Waals surface area contributed by atoms with E-state index in [1.54, 1.807) is 18.2 Å². The van der Waals surface area contributed by atoms with Crippen molar-refractivity contribution in [3.05, 3.63) is 54.1 Å². The van der Waals surface area contributed by atoms with E-state index in [4.69, 9.17) is 0 Å². The lowest BCUT2D eigenvalue weighted by Crippen LogP contribution is -2.41. The van der Waals surface area contributed by atoms with Gasteiger partial charge in [0.05, 0.1) is 10.6 Å². The van der Waals surface area contributed by atoms with Crippen LogP contribution in [0.1, 0.15) is 39.2 Å². The Bertz CT molecular complexity index is 1040. The number of hydrogen-bond acceptors (Lipinski definition) is 4. The van der Waals surface area contributed by atoms with Gasteiger partial charge in [-0.25, -0.2) is 8.42 Å². The van der Waals surface area contributed by atoms with Crippen molar-refractivity contribution in [2.24, 2.45) is 5.92 Å². The molecule has 2 aromatic carbocycles. The Morgan fingerprint density at radius 1 is 1.06 bits per heavy atom. The third kappa shape index (κ3) is 5.63. The largest absolute Gasteiger partial charge is 0.433 e. The molecule has 0 unspecified atom stereocenters. The molecular weight excluding hydrogens is 438 g/mol. The number of rotatable bonds is 6. The smallest absolute Gasteiger partial charge is 0.387 e. The summed E-state index contributed by atoms with van der Waals surface area (Å²) in [6.45, 7) is 3.59. The quantitative estimate of drug-likeness (QED) is 0.674. The predicted molar refractivity (Wildman–Crippen MR) is 118 cm³/mol. The van der Waals surface area contributed by atoms with Crippen molar-refractivity contribution in [3.8, 4) is 5.75 Å². The Hall–Kier alpha value is -2.52. The number of para-hydroxylation sites is 2. The molecule has 6 nitrogen and oxygen atoms in total. The van der Waals surface area contributed by atoms with Crippen LogP contribution in [0.5, 0.6) is 5.75 Å². The number of carbonyl (C=O) groups is 1. The molecule has 0 saturated carbocycles. The van der Waals surface area contributed by atoms with Crippen LogP contribution in [-0.4, -0.2) is 38.3 Å². The third-order valence-electron chi connectivity index (χ3n) is 5.54. The van der Waals surface area contributed by atoms with Crippen molar-refractivity contribution in [1.29, 1.82) is 0 Å². The fourth-order valence-electron chi connectivity index (χ4n) is 3.64. The Labute approximate surface area is 187 Å². The van der Waals surface area contributed by atoms with Crippen LogP contribution < -0.4 is 10.1 Å². The standard InChI is InChI=1S/C23H28F2N2O4S/c1-23(2,3)17-8-10-18(11-9-17)32(29,30)27-14-12-16(13-15-27)21(28)26-19-6-4-5-7-20(19)31-22(24)25/h4-11,16,22H,12-15H2,1-3H3,(H,26,28). The SMILES string of the molecule is CC(C)(C)c1ccc(S(=O)(=O)N2CCC(C(=O)Nc3ccccc3OC(F)F)CC2)cc1. The van der Waals surface area contributed by atoms with Crippen molar-refractivity contribution in [3.63, 3.8) is 0 Å². The van der Waals surface area contributed by atoms with E-state index in [0.29, 0.717) is 12.8 Å². The molecule has 1 N–H and O–H groups in total. The van der Waals surface area contributed by atoms with E-state index in [0.717, 1.165) is 5.56 Å². The maximum Gasteiger partial charge on any atom is 0.387 e. The van der Waals surface area contributed by atoms with Crippen LogP contribution >= 0.6 is 0 Å². The number of nitrogens with zero attached hydrogens (tertiary/aromatic N) is 1. The highest BCUT2D eigenvalue weighted by atomic mass is 32.2. The first-order valence-corrected chi connectivity index (χ1v) is 11.9. The number of benzene rings is 2. The van der Waals surface area contributed by atoms with E-state index in [9.17, 15) is 22.0 Å². The zero-order valence-electron chi connectivity index (χ0n) is 18.3. The van der Waals surface area contributed by atoms with Gasteiger partial charge in [-0.1, -0.05) is 45.0 Å². The molecule has 174 valence electrons. The number of ether oxygens (including phenoxy) is 1. The number of anilines is 1. The second kappa shape index (κ2) is 9.54. The molecule has 1 saturated heterocycles. The maximum absolute atomic E-state index is 13.0. The summed E-state index contributed by atoms with van der Waals surface area (Å²) in [7, 11) is -3.65. The van der Waals surface area contributed by atoms with Crippen molar-refractivity contribution in [2.45, 2.75) is 50.5 Å². The summed E-state index contributed by atoms with van der Waals surface area (Å²) in [6, 6.07) is 12.9. The minimum atomic E-state index is -3.65. The summed E-state index contributed by atoms with van der Waals surface area (Å²) in [6.07, 6.45) is 0.673. The molecule has 1 fully saturated rings. The molecule has 1 amide bonds. The molecule has 0 spiro atoms. The molecule has 32 heavy (non-hydrogen) atoms. The lowest BCUT2D eigenvalue weighted by atomic mass is 9.87. The van der Waals surface area contributed by atoms with Gasteiger partial charge >= 0.3 is 6.61 Å². The van der Waals surface area contributed by atoms with Gasteiger partial charge in [-0.2, -0.15) is 13.1 Å². The number of hydrogen-bond donors (Lipinski definition) is 1. The fraction of sp³-hybridized carbons (Fsp3) is 0.435. The summed E-state index contributed by atoms with van der Waals surface area (Å²) >= 11 is 0. The van der Waals surface area contributed by atoms with E-state index in [-0.39, 0.29) is 40.7 Å². The molecule has 0 atom stereocenters. The van der Waals surface area contributed by atoms with Crippen LogP contribution in [0.25, 0.3) is 0 Å². The fourth-order valence-corrected chi connectivity index (χ4v) is 5.11. The molecular formula is C23H28F2N2O4S. The molecule has 9 heteroatoms. The van der Waals surface area contributed by atoms with E-state index in [1.165, 1.54) is 22.5 Å². The topological polar surface area (TPSA) is 75.7 Å². The van der Waals surface area contributed by atoms with Crippen LogP contribution in [0, 0.1) is 5.92 Å². The van der Waals surface area contributed by atoms with E-state index < -0.39 is 22.6 Å². The van der Waals surface area contributed by atoms with Gasteiger partial charge in [0, 0.05) is 19.0 Å². The first-order valence-electron chi connectivity index (χ1n) is 10.4. The Morgan fingerprint density at radius 3 is 2.22 bits per heavy atom. The van der Waals surface area contributed by atoms with Crippen molar-refractivity contribution >= 4 is 21.6 Å². The maximum atomic E-state index is 13.0. The molecule has 0 aromatic heterocycles. The van der Waals surface area contributed by atoms with Gasteiger partial charge in [0.1, 0.15) is 5.75 Å². The van der Waals surface area contributed by atoms with Crippen LogP contribution in [-0.2, 0) is 20.2 Å². The second-order valence-electron chi connectivity index (χ2n) is 8.82. The minimum Gasteiger partial charge on any atom is -0.433 e. The number of sulfonamides is 1. The lowest BCUT2D eigenvalue weighted by molar-refractivity contribution is -0.121. The summed E-state index contributed by atoms with van der Waals surface area (Å²) in [5.41, 5.74) is 1.13. The number of carbonyl (C=O) groups excluding carboxylic acids is 1. The average molecular weight is 467 g/mol. The van der Waals surface area contributed by atoms with Crippen LogP contribution in [0.2, 0.25) is 0 Å². The molecule has 2 aromatic rings.